The van der Waals surface area contributed by atoms with Crippen LogP contribution in [0.3, 0.4) is 0 Å². The lowest BCUT2D eigenvalue weighted by Gasteiger charge is -2.30. The van der Waals surface area contributed by atoms with Crippen LogP contribution >= 0.6 is 11.8 Å². The molecule has 2 heteroatoms. The molecule has 0 saturated heterocycles. The molecule has 6 rings (SSSR count). The number of hydrogen-bond acceptors (Lipinski definition) is 2. The summed E-state index contributed by atoms with van der Waals surface area (Å²) in [5, 5.41) is 7.98. The van der Waals surface area contributed by atoms with Crippen LogP contribution < -0.4 is 0 Å². The van der Waals surface area contributed by atoms with Gasteiger partial charge < -0.3 is 0 Å². The maximum atomic E-state index is 4.98. The van der Waals surface area contributed by atoms with E-state index < -0.39 is 0 Å². The molecule has 0 amide bonds. The van der Waals surface area contributed by atoms with Gasteiger partial charge in [0.05, 0.1) is 5.69 Å². The first kappa shape index (κ1) is 21.7. The zero-order valence-electron chi connectivity index (χ0n) is 20.9. The van der Waals surface area contributed by atoms with Crippen molar-refractivity contribution in [2.75, 3.05) is 0 Å². The molecule has 1 aromatic heterocycles. The van der Waals surface area contributed by atoms with E-state index in [4.69, 9.17) is 4.98 Å². The summed E-state index contributed by atoms with van der Waals surface area (Å²) in [6.45, 7) is 14.0. The van der Waals surface area contributed by atoms with Gasteiger partial charge in [-0.1, -0.05) is 95.8 Å². The summed E-state index contributed by atoms with van der Waals surface area (Å²) in [7, 11) is 0. The summed E-state index contributed by atoms with van der Waals surface area (Å²) >= 11 is 1.94. The van der Waals surface area contributed by atoms with Crippen LogP contribution in [-0.4, -0.2) is 4.98 Å². The van der Waals surface area contributed by atoms with Crippen LogP contribution in [0, 0.1) is 5.41 Å². The van der Waals surface area contributed by atoms with E-state index in [-0.39, 0.29) is 10.8 Å². The molecule has 0 spiro atoms. The summed E-state index contributed by atoms with van der Waals surface area (Å²) in [6.07, 6.45) is 3.06. The van der Waals surface area contributed by atoms with Crippen molar-refractivity contribution in [3.05, 3.63) is 78.0 Å². The quantitative estimate of drug-likeness (QED) is 0.226. The van der Waals surface area contributed by atoms with Crippen molar-refractivity contribution in [2.24, 2.45) is 5.41 Å². The highest BCUT2D eigenvalue weighted by molar-refractivity contribution is 8.00. The largest absolute Gasteiger partial charge is 0.256 e. The van der Waals surface area contributed by atoms with Gasteiger partial charge in [-0.05, 0) is 73.5 Å². The number of benzene rings is 4. The molecule has 34 heavy (non-hydrogen) atoms. The van der Waals surface area contributed by atoms with Crippen molar-refractivity contribution >= 4 is 44.1 Å². The minimum absolute atomic E-state index is 0.0254. The lowest BCUT2D eigenvalue weighted by molar-refractivity contribution is 0.412. The molecule has 5 aromatic rings. The van der Waals surface area contributed by atoms with Crippen LogP contribution in [-0.2, 0) is 11.8 Å². The van der Waals surface area contributed by atoms with Crippen molar-refractivity contribution in [1.29, 1.82) is 0 Å². The molecule has 0 atom stereocenters. The van der Waals surface area contributed by atoms with Crippen molar-refractivity contribution in [2.45, 2.75) is 63.2 Å². The smallest absolute Gasteiger partial charge is 0.0803 e. The number of aromatic nitrogens is 1. The summed E-state index contributed by atoms with van der Waals surface area (Å²) < 4.78 is 0. The lowest BCUT2D eigenvalue weighted by atomic mass is 9.81. The fourth-order valence-corrected chi connectivity index (χ4v) is 7.12. The first-order chi connectivity index (χ1) is 16.1. The van der Waals surface area contributed by atoms with Gasteiger partial charge in [0.2, 0.25) is 0 Å². The molecule has 0 bridgehead atoms. The van der Waals surface area contributed by atoms with E-state index in [0.29, 0.717) is 0 Å². The second-order valence-corrected chi connectivity index (χ2v) is 13.0. The third-order valence-corrected chi connectivity index (χ3v) is 8.07. The van der Waals surface area contributed by atoms with E-state index >= 15 is 0 Å². The fourth-order valence-electron chi connectivity index (χ4n) is 5.63. The first-order valence-corrected chi connectivity index (χ1v) is 13.0. The van der Waals surface area contributed by atoms with Gasteiger partial charge in [-0.25, -0.2) is 0 Å². The van der Waals surface area contributed by atoms with Gasteiger partial charge in [0, 0.05) is 26.9 Å². The van der Waals surface area contributed by atoms with Crippen LogP contribution in [0.2, 0.25) is 0 Å². The van der Waals surface area contributed by atoms with Crippen LogP contribution in [0.4, 0.5) is 0 Å². The highest BCUT2D eigenvalue weighted by atomic mass is 32.2. The van der Waals surface area contributed by atoms with Crippen LogP contribution in [0.5, 0.6) is 0 Å². The van der Waals surface area contributed by atoms with Gasteiger partial charge in [-0.2, -0.15) is 0 Å². The SMILES string of the molecule is CC(C)(C)Cc1cccc2c1cc1c3c(nccc32)-c2cc3ccccc3c(C(C)(C)C)c2S1. The van der Waals surface area contributed by atoms with Gasteiger partial charge in [0.15, 0.2) is 0 Å². The topological polar surface area (TPSA) is 12.9 Å². The molecule has 0 fully saturated rings. The molecule has 0 radical (unpaired) electrons. The Morgan fingerprint density at radius 2 is 1.53 bits per heavy atom. The molecule has 170 valence electrons. The fraction of sp³-hybridized carbons (Fsp3) is 0.281. The van der Waals surface area contributed by atoms with Crippen LogP contribution in [0.1, 0.15) is 52.7 Å². The molecular formula is C32H31NS. The van der Waals surface area contributed by atoms with E-state index in [9.17, 15) is 0 Å². The van der Waals surface area contributed by atoms with Crippen molar-refractivity contribution in [3.8, 4) is 11.3 Å². The maximum absolute atomic E-state index is 4.98. The molecule has 2 heterocycles. The third kappa shape index (κ3) is 3.34. The summed E-state index contributed by atoms with van der Waals surface area (Å²) in [5.74, 6) is 0. The monoisotopic (exact) mass is 461 g/mol. The highest BCUT2D eigenvalue weighted by Crippen LogP contribution is 2.53. The minimum Gasteiger partial charge on any atom is -0.256 e. The first-order valence-electron chi connectivity index (χ1n) is 12.2. The van der Waals surface area contributed by atoms with Crippen LogP contribution in [0.25, 0.3) is 43.6 Å². The Morgan fingerprint density at radius 1 is 0.765 bits per heavy atom. The van der Waals surface area contributed by atoms with Crippen LogP contribution in [0.15, 0.2) is 76.7 Å². The second-order valence-electron chi connectivity index (χ2n) is 11.9. The van der Waals surface area contributed by atoms with Gasteiger partial charge >= 0.3 is 0 Å². The molecule has 0 unspecified atom stereocenters. The molecule has 1 aliphatic heterocycles. The van der Waals surface area contributed by atoms with E-state index in [1.165, 1.54) is 58.8 Å². The molecule has 1 nitrogen and oxygen atoms in total. The number of nitrogens with zero attached hydrogens (tertiary/aromatic N) is 1. The molecule has 0 aliphatic carbocycles. The Kier molecular flexibility index (Phi) is 4.67. The summed E-state index contributed by atoms with van der Waals surface area (Å²) in [5.41, 5.74) is 5.53. The average Bonchev–Trinajstić information content (AvgIpc) is 2.77. The Hall–Kier alpha value is -2.84. The van der Waals surface area contributed by atoms with Gasteiger partial charge in [0.25, 0.3) is 0 Å². The Balaban J connectivity index is 1.73. The normalized spacial score (nSPS) is 13.6. The predicted octanol–water partition coefficient (Wildman–Crippen LogP) is 9.56. The van der Waals surface area contributed by atoms with Crippen molar-refractivity contribution in [1.82, 2.24) is 4.98 Å². The number of fused-ring (bicyclic) bond motifs is 5. The summed E-state index contributed by atoms with van der Waals surface area (Å²) in [4.78, 5) is 7.68. The molecular weight excluding hydrogens is 430 g/mol. The van der Waals surface area contributed by atoms with Gasteiger partial charge in [0.1, 0.15) is 0 Å². The minimum atomic E-state index is 0.0254. The standard InChI is InChI=1S/C32H31NS/c1-31(2,3)18-20-11-9-13-22-23-14-15-33-29-25-16-19-10-7-8-12-21(19)28(32(4,5)6)30(25)34-26(27(23)29)17-24(20)22/h7-17H,18H2,1-6H3. The van der Waals surface area contributed by atoms with E-state index in [0.717, 1.165) is 12.1 Å². The number of hydrogen-bond donors (Lipinski definition) is 0. The summed E-state index contributed by atoms with van der Waals surface area (Å²) in [6, 6.07) is 22.7. The van der Waals surface area contributed by atoms with Crippen molar-refractivity contribution < 1.29 is 0 Å². The van der Waals surface area contributed by atoms with Gasteiger partial charge in [-0.3, -0.25) is 4.98 Å². The number of rotatable bonds is 1. The number of pyridine rings is 1. The van der Waals surface area contributed by atoms with E-state index in [1.54, 1.807) is 0 Å². The predicted molar refractivity (Wildman–Crippen MR) is 148 cm³/mol. The van der Waals surface area contributed by atoms with Gasteiger partial charge in [-0.15, -0.1) is 0 Å². The Morgan fingerprint density at radius 3 is 2.29 bits per heavy atom. The Labute approximate surface area is 206 Å². The third-order valence-electron chi connectivity index (χ3n) is 6.90. The van der Waals surface area contributed by atoms with Crippen molar-refractivity contribution in [3.63, 3.8) is 0 Å². The molecule has 4 aromatic carbocycles. The van der Waals surface area contributed by atoms with E-state index in [2.05, 4.69) is 102 Å². The molecule has 0 saturated carbocycles. The second kappa shape index (κ2) is 7.33. The Bertz CT molecular complexity index is 1610. The molecule has 1 aliphatic rings. The highest BCUT2D eigenvalue weighted by Gasteiger charge is 2.30. The average molecular weight is 462 g/mol. The van der Waals surface area contributed by atoms with E-state index in [1.807, 2.05) is 18.0 Å². The maximum Gasteiger partial charge on any atom is 0.0803 e. The zero-order valence-corrected chi connectivity index (χ0v) is 21.7. The zero-order chi connectivity index (χ0) is 23.8. The molecule has 0 N–H and O–H groups in total. The lowest BCUT2D eigenvalue weighted by Crippen LogP contribution is -2.15.